The van der Waals surface area contributed by atoms with E-state index in [4.69, 9.17) is 4.74 Å². The number of Topliss-reactive ketones (excluding diaryl/α,β-unsaturated/α-hetero) is 1. The normalized spacial score (nSPS) is 31.6. The summed E-state index contributed by atoms with van der Waals surface area (Å²) in [5.74, 6) is 0.284. The van der Waals surface area contributed by atoms with E-state index in [1.165, 1.54) is 0 Å². The summed E-state index contributed by atoms with van der Waals surface area (Å²) >= 11 is 0. The highest BCUT2D eigenvalue weighted by Gasteiger charge is 2.33. The summed E-state index contributed by atoms with van der Waals surface area (Å²) in [6, 6.07) is 9.98. The van der Waals surface area contributed by atoms with Crippen LogP contribution in [0.15, 0.2) is 30.3 Å². The van der Waals surface area contributed by atoms with Crippen molar-refractivity contribution < 1.29 is 9.53 Å². The number of hydrogen-bond donors (Lipinski definition) is 0. The van der Waals surface area contributed by atoms with Crippen molar-refractivity contribution in [2.75, 3.05) is 0 Å². The van der Waals surface area contributed by atoms with Gasteiger partial charge in [-0.1, -0.05) is 37.3 Å². The molecule has 2 rings (SSSR count). The SMILES string of the molecule is C[C@@H]1CC(=O)[C@H](C)[C@H](c2ccccc2)O1. The molecule has 0 unspecified atom stereocenters. The Hall–Kier alpha value is -1.15. The first-order chi connectivity index (χ1) is 7.18. The van der Waals surface area contributed by atoms with Crippen LogP contribution in [0.4, 0.5) is 0 Å². The Balaban J connectivity index is 2.24. The third-order valence-corrected chi connectivity index (χ3v) is 2.96. The topological polar surface area (TPSA) is 26.3 Å². The second-order valence-corrected chi connectivity index (χ2v) is 4.24. The molecule has 1 fully saturated rings. The lowest BCUT2D eigenvalue weighted by atomic mass is 9.88. The average molecular weight is 204 g/mol. The summed E-state index contributed by atoms with van der Waals surface area (Å²) in [6.45, 7) is 3.91. The van der Waals surface area contributed by atoms with Gasteiger partial charge in [-0.2, -0.15) is 0 Å². The molecule has 0 aromatic heterocycles. The van der Waals surface area contributed by atoms with Crippen LogP contribution >= 0.6 is 0 Å². The molecule has 1 aliphatic heterocycles. The van der Waals surface area contributed by atoms with Crippen LogP contribution in [0.25, 0.3) is 0 Å². The summed E-state index contributed by atoms with van der Waals surface area (Å²) in [4.78, 5) is 11.7. The molecule has 0 aliphatic carbocycles. The van der Waals surface area contributed by atoms with E-state index in [2.05, 4.69) is 0 Å². The first-order valence-corrected chi connectivity index (χ1v) is 5.41. The van der Waals surface area contributed by atoms with E-state index in [1.54, 1.807) is 0 Å². The third-order valence-electron chi connectivity index (χ3n) is 2.96. The number of benzene rings is 1. The summed E-state index contributed by atoms with van der Waals surface area (Å²) in [7, 11) is 0. The van der Waals surface area contributed by atoms with Gasteiger partial charge in [0.2, 0.25) is 0 Å². The van der Waals surface area contributed by atoms with Crippen LogP contribution < -0.4 is 0 Å². The van der Waals surface area contributed by atoms with Crippen molar-refractivity contribution in [1.82, 2.24) is 0 Å². The van der Waals surface area contributed by atoms with Gasteiger partial charge in [0.15, 0.2) is 0 Å². The Labute approximate surface area is 90.3 Å². The molecule has 1 aromatic rings. The molecule has 2 heteroatoms. The van der Waals surface area contributed by atoms with E-state index < -0.39 is 0 Å². The van der Waals surface area contributed by atoms with E-state index >= 15 is 0 Å². The molecule has 80 valence electrons. The van der Waals surface area contributed by atoms with Crippen molar-refractivity contribution in [3.8, 4) is 0 Å². The van der Waals surface area contributed by atoms with Gasteiger partial charge in [0, 0.05) is 12.3 Å². The highest BCUT2D eigenvalue weighted by molar-refractivity contribution is 5.82. The molecule has 0 bridgehead atoms. The summed E-state index contributed by atoms with van der Waals surface area (Å²) in [5.41, 5.74) is 1.10. The lowest BCUT2D eigenvalue weighted by Crippen LogP contribution is -2.33. The Morgan fingerprint density at radius 2 is 1.87 bits per heavy atom. The fourth-order valence-electron chi connectivity index (χ4n) is 2.06. The highest BCUT2D eigenvalue weighted by atomic mass is 16.5. The zero-order chi connectivity index (χ0) is 10.8. The van der Waals surface area contributed by atoms with E-state index in [-0.39, 0.29) is 18.1 Å². The molecule has 1 aromatic carbocycles. The van der Waals surface area contributed by atoms with Gasteiger partial charge in [0.25, 0.3) is 0 Å². The first-order valence-electron chi connectivity index (χ1n) is 5.41. The standard InChI is InChI=1S/C13H16O2/c1-9-8-12(14)10(2)13(15-9)11-6-4-3-5-7-11/h3-7,9-10,13H,8H2,1-2H3/t9-,10+,13-/m1/s1. The van der Waals surface area contributed by atoms with Crippen LogP contribution in [0.5, 0.6) is 0 Å². The molecule has 1 heterocycles. The van der Waals surface area contributed by atoms with E-state index in [9.17, 15) is 4.79 Å². The van der Waals surface area contributed by atoms with Crippen molar-refractivity contribution in [1.29, 1.82) is 0 Å². The van der Waals surface area contributed by atoms with Gasteiger partial charge in [-0.3, -0.25) is 4.79 Å². The smallest absolute Gasteiger partial charge is 0.141 e. The summed E-state index contributed by atoms with van der Waals surface area (Å²) < 4.78 is 5.83. The number of carbonyl (C=O) groups is 1. The van der Waals surface area contributed by atoms with E-state index in [0.717, 1.165) is 5.56 Å². The minimum absolute atomic E-state index is 0.0244. The summed E-state index contributed by atoms with van der Waals surface area (Å²) in [6.07, 6.45) is 0.520. The van der Waals surface area contributed by atoms with Crippen molar-refractivity contribution in [3.05, 3.63) is 35.9 Å². The minimum atomic E-state index is -0.0672. The van der Waals surface area contributed by atoms with Crippen LogP contribution in [0.3, 0.4) is 0 Å². The van der Waals surface area contributed by atoms with Crippen molar-refractivity contribution in [2.45, 2.75) is 32.5 Å². The van der Waals surface area contributed by atoms with Crippen LogP contribution in [0.1, 0.15) is 31.9 Å². The maximum absolute atomic E-state index is 11.7. The Bertz CT molecular complexity index is 345. The van der Waals surface area contributed by atoms with Crippen LogP contribution in [-0.2, 0) is 9.53 Å². The number of hydrogen-bond acceptors (Lipinski definition) is 2. The predicted octanol–water partition coefficient (Wildman–Crippen LogP) is 2.74. The monoisotopic (exact) mass is 204 g/mol. The molecule has 0 N–H and O–H groups in total. The minimum Gasteiger partial charge on any atom is -0.369 e. The number of carbonyl (C=O) groups excluding carboxylic acids is 1. The van der Waals surface area contributed by atoms with E-state index in [1.807, 2.05) is 44.2 Å². The zero-order valence-electron chi connectivity index (χ0n) is 9.14. The molecule has 0 spiro atoms. The molecule has 3 atom stereocenters. The second-order valence-electron chi connectivity index (χ2n) is 4.24. The Morgan fingerprint density at radius 1 is 1.20 bits per heavy atom. The second kappa shape index (κ2) is 4.15. The maximum atomic E-state index is 11.7. The molecule has 2 nitrogen and oxygen atoms in total. The van der Waals surface area contributed by atoms with Crippen LogP contribution in [0.2, 0.25) is 0 Å². The molecule has 1 aliphatic rings. The van der Waals surface area contributed by atoms with Gasteiger partial charge in [-0.15, -0.1) is 0 Å². The van der Waals surface area contributed by atoms with Crippen LogP contribution in [-0.4, -0.2) is 11.9 Å². The largest absolute Gasteiger partial charge is 0.369 e. The molecule has 0 amide bonds. The molecule has 1 saturated heterocycles. The van der Waals surface area contributed by atoms with Gasteiger partial charge >= 0.3 is 0 Å². The number of rotatable bonds is 1. The first kappa shape index (κ1) is 10.4. The lowest BCUT2D eigenvalue weighted by Gasteiger charge is -2.32. The fourth-order valence-corrected chi connectivity index (χ4v) is 2.06. The van der Waals surface area contributed by atoms with Gasteiger partial charge in [0.1, 0.15) is 5.78 Å². The predicted molar refractivity (Wildman–Crippen MR) is 58.5 cm³/mol. The van der Waals surface area contributed by atoms with Gasteiger partial charge in [-0.05, 0) is 12.5 Å². The molecular formula is C13H16O2. The van der Waals surface area contributed by atoms with Gasteiger partial charge in [0.05, 0.1) is 12.2 Å². The maximum Gasteiger partial charge on any atom is 0.141 e. The Morgan fingerprint density at radius 3 is 2.53 bits per heavy atom. The highest BCUT2D eigenvalue weighted by Crippen LogP contribution is 2.33. The molecule has 0 saturated carbocycles. The lowest BCUT2D eigenvalue weighted by molar-refractivity contribution is -0.143. The zero-order valence-corrected chi connectivity index (χ0v) is 9.14. The van der Waals surface area contributed by atoms with E-state index in [0.29, 0.717) is 12.2 Å². The van der Waals surface area contributed by atoms with Crippen molar-refractivity contribution in [2.24, 2.45) is 5.92 Å². The van der Waals surface area contributed by atoms with Crippen molar-refractivity contribution >= 4 is 5.78 Å². The molecular weight excluding hydrogens is 188 g/mol. The third kappa shape index (κ3) is 2.10. The van der Waals surface area contributed by atoms with Gasteiger partial charge in [-0.25, -0.2) is 0 Å². The van der Waals surface area contributed by atoms with Gasteiger partial charge < -0.3 is 4.74 Å². The number of ether oxygens (including phenoxy) is 1. The Kier molecular flexibility index (Phi) is 2.87. The molecule has 0 radical (unpaired) electrons. The quantitative estimate of drug-likeness (QED) is 0.703. The van der Waals surface area contributed by atoms with Crippen LogP contribution in [0, 0.1) is 5.92 Å². The molecule has 15 heavy (non-hydrogen) atoms. The average Bonchev–Trinajstić information content (AvgIpc) is 2.24. The fraction of sp³-hybridized carbons (Fsp3) is 0.462. The summed E-state index contributed by atoms with van der Waals surface area (Å²) in [5, 5.41) is 0. The number of ketones is 1. The van der Waals surface area contributed by atoms with Crippen molar-refractivity contribution in [3.63, 3.8) is 0 Å².